The van der Waals surface area contributed by atoms with Crippen molar-refractivity contribution in [1.29, 1.82) is 0 Å². The van der Waals surface area contributed by atoms with Gasteiger partial charge in [0.1, 0.15) is 21.4 Å². The molecule has 1 aliphatic heterocycles. The fourth-order valence-electron chi connectivity index (χ4n) is 2.02. The third-order valence-corrected chi connectivity index (χ3v) is 4.00. The molecule has 18 heavy (non-hydrogen) atoms. The Kier molecular flexibility index (Phi) is 3.71. The number of rotatable bonds is 4. The molecular formula is C13H16O4S. The molecule has 2 rings (SSSR count). The number of carbonyl (C=O) groups is 1. The van der Waals surface area contributed by atoms with Gasteiger partial charge in [0.2, 0.25) is 0 Å². The van der Waals surface area contributed by atoms with Gasteiger partial charge in [-0.3, -0.25) is 4.79 Å². The van der Waals surface area contributed by atoms with Crippen LogP contribution in [0.2, 0.25) is 0 Å². The number of carbonyl (C=O) groups excluding carboxylic acids is 1. The fraction of sp³-hybridized carbons (Fsp3) is 0.462. The van der Waals surface area contributed by atoms with Crippen molar-refractivity contribution in [3.63, 3.8) is 0 Å². The van der Waals surface area contributed by atoms with Crippen molar-refractivity contribution in [3.8, 4) is 5.75 Å². The Morgan fingerprint density at radius 1 is 1.39 bits per heavy atom. The average molecular weight is 268 g/mol. The van der Waals surface area contributed by atoms with Crippen LogP contribution in [0, 0.1) is 5.92 Å². The number of ether oxygens (including phenoxy) is 1. The normalized spacial score (nSPS) is 18.8. The van der Waals surface area contributed by atoms with Gasteiger partial charge in [-0.25, -0.2) is 8.42 Å². The van der Waals surface area contributed by atoms with Crippen LogP contribution in [0.1, 0.15) is 12.0 Å². The highest BCUT2D eigenvalue weighted by atomic mass is 32.2. The Balaban J connectivity index is 1.99. The van der Waals surface area contributed by atoms with Crippen molar-refractivity contribution in [2.24, 2.45) is 5.92 Å². The summed E-state index contributed by atoms with van der Waals surface area (Å²) in [7, 11) is -3.08. The first-order valence-corrected chi connectivity index (χ1v) is 7.93. The van der Waals surface area contributed by atoms with Crippen molar-refractivity contribution < 1.29 is 17.9 Å². The molecule has 0 spiro atoms. The number of para-hydroxylation sites is 1. The van der Waals surface area contributed by atoms with Gasteiger partial charge >= 0.3 is 0 Å². The molecule has 5 heteroatoms. The van der Waals surface area contributed by atoms with Crippen LogP contribution in [0.25, 0.3) is 0 Å². The van der Waals surface area contributed by atoms with Gasteiger partial charge in [0.15, 0.2) is 0 Å². The van der Waals surface area contributed by atoms with E-state index in [2.05, 4.69) is 0 Å². The molecule has 98 valence electrons. The van der Waals surface area contributed by atoms with Crippen LogP contribution in [0.3, 0.4) is 0 Å². The van der Waals surface area contributed by atoms with Gasteiger partial charge in [-0.15, -0.1) is 0 Å². The number of fused-ring (bicyclic) bond motifs is 1. The van der Waals surface area contributed by atoms with E-state index in [9.17, 15) is 13.2 Å². The number of ketones is 1. The Labute approximate surface area is 107 Å². The maximum absolute atomic E-state index is 11.9. The third-order valence-electron chi connectivity index (χ3n) is 3.05. The summed E-state index contributed by atoms with van der Waals surface area (Å²) in [5.41, 5.74) is 1.02. The molecule has 1 atom stereocenters. The largest absolute Gasteiger partial charge is 0.493 e. The molecule has 0 aliphatic carbocycles. The predicted octanol–water partition coefficient (Wildman–Crippen LogP) is 1.24. The summed E-state index contributed by atoms with van der Waals surface area (Å²) in [6.45, 7) is 0.347. The summed E-state index contributed by atoms with van der Waals surface area (Å²) in [5, 5.41) is 0. The van der Waals surface area contributed by atoms with E-state index in [0.717, 1.165) is 17.6 Å². The van der Waals surface area contributed by atoms with E-state index in [-0.39, 0.29) is 23.9 Å². The van der Waals surface area contributed by atoms with E-state index in [1.807, 2.05) is 24.3 Å². The molecule has 1 heterocycles. The highest BCUT2D eigenvalue weighted by Gasteiger charge is 2.25. The summed E-state index contributed by atoms with van der Waals surface area (Å²) < 4.78 is 27.6. The molecular weight excluding hydrogens is 252 g/mol. The number of sulfone groups is 1. The van der Waals surface area contributed by atoms with Crippen LogP contribution < -0.4 is 4.74 Å². The first kappa shape index (κ1) is 13.1. The molecule has 0 N–H and O–H groups in total. The monoisotopic (exact) mass is 268 g/mol. The molecule has 0 fully saturated rings. The number of Topliss-reactive ketones (excluding diaryl/α,β-unsaturated/α-hetero) is 1. The molecule has 4 nitrogen and oxygen atoms in total. The van der Waals surface area contributed by atoms with Crippen LogP contribution in [0.5, 0.6) is 5.75 Å². The van der Waals surface area contributed by atoms with Gasteiger partial charge in [0, 0.05) is 12.7 Å². The van der Waals surface area contributed by atoms with Gasteiger partial charge in [0.25, 0.3) is 0 Å². The maximum Gasteiger partial charge on any atom is 0.147 e. The van der Waals surface area contributed by atoms with Crippen LogP contribution in [-0.2, 0) is 21.1 Å². The zero-order valence-corrected chi connectivity index (χ0v) is 11.1. The molecule has 1 aliphatic rings. The van der Waals surface area contributed by atoms with Gasteiger partial charge in [0.05, 0.1) is 18.3 Å². The molecule has 0 bridgehead atoms. The zero-order valence-electron chi connectivity index (χ0n) is 10.3. The van der Waals surface area contributed by atoms with Gasteiger partial charge in [-0.1, -0.05) is 18.2 Å². The smallest absolute Gasteiger partial charge is 0.147 e. The van der Waals surface area contributed by atoms with Crippen LogP contribution in [-0.4, -0.2) is 32.8 Å². The number of benzene rings is 1. The number of hydrogen-bond acceptors (Lipinski definition) is 4. The SMILES string of the molecule is CS(=O)(=O)CCC(=O)C1COc2ccccc2C1. The van der Waals surface area contributed by atoms with Crippen molar-refractivity contribution in [2.45, 2.75) is 12.8 Å². The van der Waals surface area contributed by atoms with E-state index in [1.165, 1.54) is 0 Å². The third kappa shape index (κ3) is 3.32. The highest BCUT2D eigenvalue weighted by Crippen LogP contribution is 2.27. The van der Waals surface area contributed by atoms with Gasteiger partial charge in [-0.05, 0) is 18.1 Å². The Morgan fingerprint density at radius 3 is 2.83 bits per heavy atom. The van der Waals surface area contributed by atoms with Crippen molar-refractivity contribution in [1.82, 2.24) is 0 Å². The minimum Gasteiger partial charge on any atom is -0.493 e. The molecule has 0 saturated carbocycles. The van der Waals surface area contributed by atoms with E-state index in [1.54, 1.807) is 0 Å². The molecule has 0 radical (unpaired) electrons. The zero-order chi connectivity index (χ0) is 13.2. The van der Waals surface area contributed by atoms with Gasteiger partial charge in [-0.2, -0.15) is 0 Å². The topological polar surface area (TPSA) is 60.4 Å². The average Bonchev–Trinajstić information content (AvgIpc) is 2.34. The summed E-state index contributed by atoms with van der Waals surface area (Å²) in [6.07, 6.45) is 1.86. The Bertz CT molecular complexity index is 548. The Hall–Kier alpha value is -1.36. The molecule has 0 amide bonds. The highest BCUT2D eigenvalue weighted by molar-refractivity contribution is 7.90. The minimum absolute atomic E-state index is 0.0325. The van der Waals surface area contributed by atoms with Gasteiger partial charge < -0.3 is 4.74 Å². The lowest BCUT2D eigenvalue weighted by Crippen LogP contribution is -2.29. The summed E-state index contributed by atoms with van der Waals surface area (Å²) in [4.78, 5) is 11.9. The van der Waals surface area contributed by atoms with Crippen LogP contribution in [0.4, 0.5) is 0 Å². The molecule has 1 aromatic carbocycles. The first-order valence-electron chi connectivity index (χ1n) is 5.87. The van der Waals surface area contributed by atoms with E-state index < -0.39 is 9.84 Å². The standard InChI is InChI=1S/C13H16O4S/c1-18(15,16)7-6-12(14)11-8-10-4-2-3-5-13(10)17-9-11/h2-5,11H,6-9H2,1H3. The molecule has 1 aromatic rings. The second kappa shape index (κ2) is 5.10. The second-order valence-corrected chi connectivity index (χ2v) is 6.93. The van der Waals surface area contributed by atoms with E-state index in [4.69, 9.17) is 4.74 Å². The summed E-state index contributed by atoms with van der Waals surface area (Å²) in [6, 6.07) is 7.62. The second-order valence-electron chi connectivity index (χ2n) is 4.67. The van der Waals surface area contributed by atoms with Crippen molar-refractivity contribution >= 4 is 15.6 Å². The molecule has 0 saturated heterocycles. The van der Waals surface area contributed by atoms with E-state index in [0.29, 0.717) is 13.0 Å². The summed E-state index contributed by atoms with van der Waals surface area (Å²) >= 11 is 0. The molecule has 1 unspecified atom stereocenters. The maximum atomic E-state index is 11.9. The minimum atomic E-state index is -3.08. The quantitative estimate of drug-likeness (QED) is 0.824. The van der Waals surface area contributed by atoms with Crippen LogP contribution in [0.15, 0.2) is 24.3 Å². The summed E-state index contributed by atoms with van der Waals surface area (Å²) in [5.74, 6) is 0.491. The van der Waals surface area contributed by atoms with Crippen molar-refractivity contribution in [3.05, 3.63) is 29.8 Å². The fourth-order valence-corrected chi connectivity index (χ4v) is 2.60. The van der Waals surface area contributed by atoms with Crippen LogP contribution >= 0.6 is 0 Å². The first-order chi connectivity index (χ1) is 8.46. The van der Waals surface area contributed by atoms with Crippen molar-refractivity contribution in [2.75, 3.05) is 18.6 Å². The molecule has 0 aromatic heterocycles. The lowest BCUT2D eigenvalue weighted by Gasteiger charge is -2.24. The number of hydrogen-bond donors (Lipinski definition) is 0. The lowest BCUT2D eigenvalue weighted by atomic mass is 9.92. The lowest BCUT2D eigenvalue weighted by molar-refractivity contribution is -0.123. The van der Waals surface area contributed by atoms with E-state index >= 15 is 0 Å². The Morgan fingerprint density at radius 2 is 2.11 bits per heavy atom. The predicted molar refractivity (Wildman–Crippen MR) is 68.5 cm³/mol.